The summed E-state index contributed by atoms with van der Waals surface area (Å²) in [5, 5.41) is 0. The third-order valence-electron chi connectivity index (χ3n) is 3.49. The van der Waals surface area contributed by atoms with E-state index in [1.54, 1.807) is 24.3 Å². The first-order valence-electron chi connectivity index (χ1n) is 6.71. The van der Waals surface area contributed by atoms with Gasteiger partial charge in [0, 0.05) is 13.7 Å². The van der Waals surface area contributed by atoms with Gasteiger partial charge in [-0.1, -0.05) is 12.1 Å². The Morgan fingerprint density at radius 1 is 1.43 bits per heavy atom. The lowest BCUT2D eigenvalue weighted by Crippen LogP contribution is -2.34. The molecule has 0 aromatic heterocycles. The number of sulfonamides is 1. The number of esters is 1. The second-order valence-corrected chi connectivity index (χ2v) is 6.93. The third kappa shape index (κ3) is 3.54. The maximum Gasteiger partial charge on any atom is 0.340 e. The predicted octanol–water partition coefficient (Wildman–Crippen LogP) is 1.42. The highest BCUT2D eigenvalue weighted by molar-refractivity contribution is 7.92. The quantitative estimate of drug-likeness (QED) is 0.769. The monoisotopic (exact) mass is 313 g/mol. The van der Waals surface area contributed by atoms with Crippen LogP contribution in [-0.4, -0.2) is 47.0 Å². The topological polar surface area (TPSA) is 72.9 Å². The number of methoxy groups -OCH3 is 1. The molecule has 1 aromatic rings. The summed E-state index contributed by atoms with van der Waals surface area (Å²) >= 11 is 0. The van der Waals surface area contributed by atoms with E-state index < -0.39 is 16.0 Å². The normalized spacial score (nSPS) is 18.5. The molecule has 0 saturated carbocycles. The highest BCUT2D eigenvalue weighted by Gasteiger charge is 2.28. The number of nitrogens with zero attached hydrogens (tertiary/aromatic N) is 1. The Labute approximate surface area is 124 Å². The fourth-order valence-electron chi connectivity index (χ4n) is 2.30. The molecular weight excluding hydrogens is 294 g/mol. The number of rotatable bonds is 5. The van der Waals surface area contributed by atoms with E-state index in [0.717, 1.165) is 17.1 Å². The second kappa shape index (κ2) is 6.44. The molecule has 1 aromatic carbocycles. The van der Waals surface area contributed by atoms with Crippen LogP contribution < -0.4 is 4.31 Å². The van der Waals surface area contributed by atoms with Crippen LogP contribution >= 0.6 is 0 Å². The molecule has 116 valence electrons. The molecule has 1 atom stereocenters. The zero-order chi connectivity index (χ0) is 15.5. The summed E-state index contributed by atoms with van der Waals surface area (Å²) in [7, 11) is -0.860. The Kier molecular flexibility index (Phi) is 4.84. The van der Waals surface area contributed by atoms with E-state index in [-0.39, 0.29) is 17.4 Å². The lowest BCUT2D eigenvalue weighted by Gasteiger charge is -2.23. The zero-order valence-corrected chi connectivity index (χ0v) is 12.9. The molecule has 1 aliphatic rings. The molecule has 0 radical (unpaired) electrons. The summed E-state index contributed by atoms with van der Waals surface area (Å²) in [5.41, 5.74) is 0.528. The summed E-state index contributed by atoms with van der Waals surface area (Å²) in [6.07, 6.45) is 1.34. The maximum atomic E-state index is 12.4. The van der Waals surface area contributed by atoms with Crippen molar-refractivity contribution in [1.29, 1.82) is 0 Å². The van der Waals surface area contributed by atoms with E-state index in [2.05, 4.69) is 4.74 Å². The van der Waals surface area contributed by atoms with E-state index in [9.17, 15) is 13.2 Å². The van der Waals surface area contributed by atoms with Gasteiger partial charge in [-0.3, -0.25) is 4.31 Å². The van der Waals surface area contributed by atoms with Gasteiger partial charge in [0.1, 0.15) is 0 Å². The van der Waals surface area contributed by atoms with Crippen molar-refractivity contribution in [2.45, 2.75) is 18.9 Å². The van der Waals surface area contributed by atoms with Gasteiger partial charge in [0.2, 0.25) is 10.0 Å². The predicted molar refractivity (Wildman–Crippen MR) is 78.9 cm³/mol. The molecule has 1 fully saturated rings. The van der Waals surface area contributed by atoms with E-state index in [1.165, 1.54) is 14.2 Å². The molecule has 0 aliphatic carbocycles. The van der Waals surface area contributed by atoms with Crippen LogP contribution in [0.25, 0.3) is 0 Å². The Morgan fingerprint density at radius 2 is 2.14 bits per heavy atom. The van der Waals surface area contributed by atoms with Crippen molar-refractivity contribution in [2.75, 3.05) is 30.8 Å². The molecule has 21 heavy (non-hydrogen) atoms. The van der Waals surface area contributed by atoms with Crippen molar-refractivity contribution in [3.8, 4) is 0 Å². The van der Waals surface area contributed by atoms with Crippen molar-refractivity contribution in [3.63, 3.8) is 0 Å². The number of carbonyl (C=O) groups is 1. The number of carbonyl (C=O) groups excluding carboxylic acids is 1. The van der Waals surface area contributed by atoms with Crippen molar-refractivity contribution in [2.24, 2.45) is 0 Å². The summed E-state index contributed by atoms with van der Waals surface area (Å²) in [6.45, 7) is 0.600. The van der Waals surface area contributed by atoms with Crippen molar-refractivity contribution >= 4 is 21.7 Å². The second-order valence-electron chi connectivity index (χ2n) is 4.89. The van der Waals surface area contributed by atoms with Crippen LogP contribution in [0.4, 0.5) is 5.69 Å². The van der Waals surface area contributed by atoms with Crippen LogP contribution in [0.15, 0.2) is 24.3 Å². The third-order valence-corrected chi connectivity index (χ3v) is 5.31. The summed E-state index contributed by atoms with van der Waals surface area (Å²) < 4.78 is 36.1. The van der Waals surface area contributed by atoms with E-state index >= 15 is 0 Å². The molecule has 7 heteroatoms. The zero-order valence-electron chi connectivity index (χ0n) is 12.1. The van der Waals surface area contributed by atoms with E-state index in [4.69, 9.17) is 4.74 Å². The van der Waals surface area contributed by atoms with Crippen LogP contribution in [0.3, 0.4) is 0 Å². The molecule has 6 nitrogen and oxygen atoms in total. The number of benzene rings is 1. The van der Waals surface area contributed by atoms with Crippen LogP contribution in [0, 0.1) is 0 Å². The minimum absolute atomic E-state index is 0.0843. The Hall–Kier alpha value is -1.60. The van der Waals surface area contributed by atoms with Gasteiger partial charge in [-0.2, -0.15) is 0 Å². The fraction of sp³-hybridized carbons (Fsp3) is 0.500. The first kappa shape index (κ1) is 15.8. The molecule has 2 rings (SSSR count). The molecule has 1 aliphatic heterocycles. The van der Waals surface area contributed by atoms with Crippen molar-refractivity contribution < 1.29 is 22.7 Å². The Balaban J connectivity index is 2.26. The van der Waals surface area contributed by atoms with Gasteiger partial charge >= 0.3 is 5.97 Å². The van der Waals surface area contributed by atoms with Gasteiger partial charge in [-0.25, -0.2) is 13.2 Å². The maximum absolute atomic E-state index is 12.4. The van der Waals surface area contributed by atoms with Crippen LogP contribution in [-0.2, 0) is 19.5 Å². The summed E-state index contributed by atoms with van der Waals surface area (Å²) in [4.78, 5) is 11.7. The average molecular weight is 313 g/mol. The number of para-hydroxylation sites is 1. The molecule has 0 amide bonds. The first-order valence-corrected chi connectivity index (χ1v) is 8.32. The van der Waals surface area contributed by atoms with Gasteiger partial charge in [0.15, 0.2) is 0 Å². The molecule has 1 heterocycles. The SMILES string of the molecule is COC(=O)c1ccccc1N(C)S(=O)(=O)CC1CCCO1. The lowest BCUT2D eigenvalue weighted by atomic mass is 10.2. The van der Waals surface area contributed by atoms with Gasteiger partial charge in [-0.05, 0) is 25.0 Å². The van der Waals surface area contributed by atoms with Crippen molar-refractivity contribution in [1.82, 2.24) is 0 Å². The molecule has 1 saturated heterocycles. The lowest BCUT2D eigenvalue weighted by molar-refractivity contribution is 0.0601. The standard InChI is InChI=1S/C14H19NO5S/c1-15(21(17,18)10-11-6-5-9-20-11)13-8-4-3-7-12(13)14(16)19-2/h3-4,7-8,11H,5-6,9-10H2,1-2H3. The number of hydrogen-bond acceptors (Lipinski definition) is 5. The highest BCUT2D eigenvalue weighted by Crippen LogP contribution is 2.24. The number of ether oxygens (including phenoxy) is 2. The average Bonchev–Trinajstić information content (AvgIpc) is 2.97. The van der Waals surface area contributed by atoms with Gasteiger partial charge in [-0.15, -0.1) is 0 Å². The van der Waals surface area contributed by atoms with Gasteiger partial charge in [0.05, 0.1) is 30.2 Å². The summed E-state index contributed by atoms with van der Waals surface area (Å²) in [6, 6.07) is 6.47. The van der Waals surface area contributed by atoms with E-state index in [0.29, 0.717) is 12.3 Å². The van der Waals surface area contributed by atoms with Crippen molar-refractivity contribution in [3.05, 3.63) is 29.8 Å². The highest BCUT2D eigenvalue weighted by atomic mass is 32.2. The fourth-order valence-corrected chi connectivity index (χ4v) is 3.72. The molecule has 0 bridgehead atoms. The molecular formula is C14H19NO5S. The Bertz CT molecular complexity index is 608. The van der Waals surface area contributed by atoms with E-state index in [1.807, 2.05) is 0 Å². The molecule has 0 N–H and O–H groups in total. The van der Waals surface area contributed by atoms with Crippen LogP contribution in [0.2, 0.25) is 0 Å². The number of anilines is 1. The largest absolute Gasteiger partial charge is 0.465 e. The smallest absolute Gasteiger partial charge is 0.340 e. The molecule has 0 spiro atoms. The van der Waals surface area contributed by atoms with Gasteiger partial charge in [0.25, 0.3) is 0 Å². The van der Waals surface area contributed by atoms with Crippen LogP contribution in [0.5, 0.6) is 0 Å². The summed E-state index contributed by atoms with van der Waals surface area (Å²) in [5.74, 6) is -0.649. The minimum atomic E-state index is -3.56. The molecule has 1 unspecified atom stereocenters. The van der Waals surface area contributed by atoms with Gasteiger partial charge < -0.3 is 9.47 Å². The number of hydrogen-bond donors (Lipinski definition) is 0. The first-order chi connectivity index (χ1) is 9.95. The minimum Gasteiger partial charge on any atom is -0.465 e. The van der Waals surface area contributed by atoms with Crippen LogP contribution in [0.1, 0.15) is 23.2 Å². The Morgan fingerprint density at radius 3 is 2.76 bits per heavy atom.